The number of halogens is 2. The van der Waals surface area contributed by atoms with Gasteiger partial charge in [-0.1, -0.05) is 0 Å². The molecule has 3 rings (SSSR count). The van der Waals surface area contributed by atoms with Gasteiger partial charge in [0.05, 0.1) is 57.0 Å². The molecule has 2 aliphatic rings. The van der Waals surface area contributed by atoms with E-state index in [1.54, 1.807) is 9.91 Å². The number of benzene rings is 1. The molecule has 144 valence electrons. The van der Waals surface area contributed by atoms with Gasteiger partial charge in [-0.05, 0) is 19.9 Å². The molecule has 0 amide bonds. The Balaban J connectivity index is 1.89. The summed E-state index contributed by atoms with van der Waals surface area (Å²) in [6, 6.07) is 1.46. The summed E-state index contributed by atoms with van der Waals surface area (Å²) in [6.45, 7) is 6.60. The summed E-state index contributed by atoms with van der Waals surface area (Å²) in [5, 5.41) is 15.7. The van der Waals surface area contributed by atoms with E-state index in [0.29, 0.717) is 45.0 Å². The molecule has 0 radical (unpaired) electrons. The summed E-state index contributed by atoms with van der Waals surface area (Å²) >= 11 is 0. The second kappa shape index (κ2) is 8.28. The van der Waals surface area contributed by atoms with Gasteiger partial charge in [0.2, 0.25) is 0 Å². The Labute approximate surface area is 152 Å². The molecule has 2 saturated heterocycles. The molecule has 0 aliphatic carbocycles. The lowest BCUT2D eigenvalue weighted by molar-refractivity contribution is -0.00554. The second-order valence-corrected chi connectivity index (χ2v) is 6.73. The highest BCUT2D eigenvalue weighted by atomic mass is 19.2. The van der Waals surface area contributed by atoms with E-state index in [4.69, 9.17) is 9.47 Å². The van der Waals surface area contributed by atoms with Gasteiger partial charge in [-0.2, -0.15) is 5.10 Å². The molecule has 2 atom stereocenters. The summed E-state index contributed by atoms with van der Waals surface area (Å²) in [5.41, 5.74) is 0.472. The average Bonchev–Trinajstić information content (AvgIpc) is 2.62. The zero-order valence-corrected chi connectivity index (χ0v) is 15.1. The van der Waals surface area contributed by atoms with Crippen molar-refractivity contribution in [2.24, 2.45) is 5.10 Å². The van der Waals surface area contributed by atoms with Crippen LogP contribution < -0.4 is 4.90 Å². The van der Waals surface area contributed by atoms with Crippen LogP contribution in [0.15, 0.2) is 11.2 Å². The summed E-state index contributed by atoms with van der Waals surface area (Å²) in [4.78, 5) is 1.74. The minimum absolute atomic E-state index is 0.0242. The summed E-state index contributed by atoms with van der Waals surface area (Å²) in [7, 11) is 0. The third-order valence-electron chi connectivity index (χ3n) is 4.54. The van der Waals surface area contributed by atoms with Gasteiger partial charge in [0, 0.05) is 24.2 Å². The fourth-order valence-electron chi connectivity index (χ4n) is 3.42. The number of hydrogen-bond donors (Lipinski definition) is 1. The van der Waals surface area contributed by atoms with E-state index in [1.165, 1.54) is 12.3 Å². The molecule has 2 heterocycles. The largest absolute Gasteiger partial charge is 0.392 e. The molecule has 0 spiro atoms. The Morgan fingerprint density at radius 2 is 1.85 bits per heavy atom. The number of hydrogen-bond acceptors (Lipinski definition) is 6. The van der Waals surface area contributed by atoms with Crippen molar-refractivity contribution in [3.05, 3.63) is 28.8 Å². The van der Waals surface area contributed by atoms with Crippen molar-refractivity contribution < 1.29 is 23.4 Å². The first-order valence-electron chi connectivity index (χ1n) is 8.88. The van der Waals surface area contributed by atoms with Crippen molar-refractivity contribution in [1.29, 1.82) is 0 Å². The molecule has 2 fully saturated rings. The first-order chi connectivity index (χ1) is 12.5. The number of aliphatic hydroxyl groups excluding tert-OH is 1. The van der Waals surface area contributed by atoms with Gasteiger partial charge in [-0.15, -0.1) is 0 Å². The number of nitrogens with zero attached hydrogens (tertiary/aromatic N) is 3. The Kier molecular flexibility index (Phi) is 6.05. The highest BCUT2D eigenvalue weighted by molar-refractivity contribution is 5.82. The Bertz CT molecular complexity index is 656. The lowest BCUT2D eigenvalue weighted by Gasteiger charge is -2.38. The number of rotatable bonds is 4. The van der Waals surface area contributed by atoms with Crippen LogP contribution in [0.4, 0.5) is 14.5 Å². The molecule has 0 saturated carbocycles. The third kappa shape index (κ3) is 4.13. The average molecular weight is 369 g/mol. The van der Waals surface area contributed by atoms with E-state index in [9.17, 15) is 13.9 Å². The molecule has 1 aromatic rings. The Hall–Kier alpha value is -1.77. The number of aliphatic hydroxyl groups is 1. The fourth-order valence-corrected chi connectivity index (χ4v) is 3.42. The van der Waals surface area contributed by atoms with Crippen LogP contribution in [-0.2, 0) is 16.1 Å². The molecule has 6 nitrogen and oxygen atoms in total. The van der Waals surface area contributed by atoms with Crippen LogP contribution in [-0.4, -0.2) is 67.9 Å². The molecule has 0 unspecified atom stereocenters. The molecule has 8 heteroatoms. The maximum absolute atomic E-state index is 14.9. The van der Waals surface area contributed by atoms with Crippen LogP contribution in [0, 0.1) is 11.6 Å². The van der Waals surface area contributed by atoms with Gasteiger partial charge in [-0.25, -0.2) is 8.78 Å². The lowest BCUT2D eigenvalue weighted by atomic mass is 10.1. The maximum Gasteiger partial charge on any atom is 0.183 e. The zero-order valence-electron chi connectivity index (χ0n) is 15.1. The predicted octanol–water partition coefficient (Wildman–Crippen LogP) is 1.74. The van der Waals surface area contributed by atoms with Crippen molar-refractivity contribution >= 4 is 11.9 Å². The zero-order chi connectivity index (χ0) is 18.7. The fraction of sp³-hybridized carbons (Fsp3) is 0.611. The summed E-state index contributed by atoms with van der Waals surface area (Å²) in [6.07, 6.45) is 1.10. The normalized spacial score (nSPS) is 24.5. The molecule has 1 aromatic carbocycles. The van der Waals surface area contributed by atoms with E-state index in [-0.39, 0.29) is 30.1 Å². The van der Waals surface area contributed by atoms with E-state index in [1.807, 2.05) is 13.8 Å². The highest BCUT2D eigenvalue weighted by Crippen LogP contribution is 2.31. The summed E-state index contributed by atoms with van der Waals surface area (Å²) < 4.78 is 40.4. The molecule has 0 aromatic heterocycles. The van der Waals surface area contributed by atoms with Crippen LogP contribution in [0.5, 0.6) is 0 Å². The van der Waals surface area contributed by atoms with Gasteiger partial charge in [-0.3, -0.25) is 5.01 Å². The van der Waals surface area contributed by atoms with Crippen molar-refractivity contribution in [3.8, 4) is 0 Å². The van der Waals surface area contributed by atoms with Crippen LogP contribution in [0.25, 0.3) is 0 Å². The van der Waals surface area contributed by atoms with Gasteiger partial charge >= 0.3 is 0 Å². The van der Waals surface area contributed by atoms with E-state index in [2.05, 4.69) is 5.10 Å². The molecular weight excluding hydrogens is 344 g/mol. The molecule has 1 N–H and O–H groups in total. The van der Waals surface area contributed by atoms with E-state index < -0.39 is 11.6 Å². The monoisotopic (exact) mass is 369 g/mol. The van der Waals surface area contributed by atoms with E-state index >= 15 is 0 Å². The van der Waals surface area contributed by atoms with Crippen molar-refractivity contribution in [3.63, 3.8) is 0 Å². The van der Waals surface area contributed by atoms with Crippen molar-refractivity contribution in [1.82, 2.24) is 5.01 Å². The second-order valence-electron chi connectivity index (χ2n) is 6.73. The number of ether oxygens (including phenoxy) is 2. The van der Waals surface area contributed by atoms with Crippen LogP contribution in [0.2, 0.25) is 0 Å². The minimum atomic E-state index is -0.957. The first-order valence-corrected chi connectivity index (χ1v) is 8.88. The van der Waals surface area contributed by atoms with Crippen LogP contribution in [0.1, 0.15) is 25.0 Å². The van der Waals surface area contributed by atoms with E-state index in [0.717, 1.165) is 0 Å². The molecule has 2 aliphatic heterocycles. The molecular formula is C18H25F2N3O3. The number of hydrazone groups is 1. The minimum Gasteiger partial charge on any atom is -0.392 e. The van der Waals surface area contributed by atoms with Gasteiger partial charge in [0.1, 0.15) is 0 Å². The van der Waals surface area contributed by atoms with Gasteiger partial charge in [0.15, 0.2) is 11.6 Å². The van der Waals surface area contributed by atoms with Crippen molar-refractivity contribution in [2.75, 3.05) is 44.3 Å². The molecule has 0 bridgehead atoms. The SMILES string of the molecule is C[C@@H]1CN(c2c(CO)cc(/C=N/N3CCOCC3)c(F)c2F)C[C@H](C)O1. The van der Waals surface area contributed by atoms with Crippen LogP contribution in [0.3, 0.4) is 0 Å². The first kappa shape index (κ1) is 19.0. The third-order valence-corrected chi connectivity index (χ3v) is 4.54. The van der Waals surface area contributed by atoms with Gasteiger partial charge < -0.3 is 19.5 Å². The topological polar surface area (TPSA) is 57.5 Å². The summed E-state index contributed by atoms with van der Waals surface area (Å²) in [5.74, 6) is -1.91. The Morgan fingerprint density at radius 3 is 2.46 bits per heavy atom. The highest BCUT2D eigenvalue weighted by Gasteiger charge is 2.28. The van der Waals surface area contributed by atoms with Gasteiger partial charge in [0.25, 0.3) is 0 Å². The van der Waals surface area contributed by atoms with Crippen LogP contribution >= 0.6 is 0 Å². The standard InChI is InChI=1S/C18H25F2N3O3/c1-12-9-22(10-13(2)26-12)18-15(11-24)7-14(16(19)17(18)20)8-21-23-3-5-25-6-4-23/h7-8,12-13,24H,3-6,9-11H2,1-2H3/b21-8+/t12-,13+. The quantitative estimate of drug-likeness (QED) is 0.820. The molecule has 26 heavy (non-hydrogen) atoms. The van der Waals surface area contributed by atoms with Crippen molar-refractivity contribution in [2.45, 2.75) is 32.7 Å². The maximum atomic E-state index is 14.9. The lowest BCUT2D eigenvalue weighted by Crippen LogP contribution is -2.46. The predicted molar refractivity (Wildman–Crippen MR) is 94.5 cm³/mol. The smallest absolute Gasteiger partial charge is 0.183 e. The number of anilines is 1. The Morgan fingerprint density at radius 1 is 1.19 bits per heavy atom. The number of morpholine rings is 2.